The molecule has 18 heteroatoms. The van der Waals surface area contributed by atoms with Gasteiger partial charge >= 0.3 is 7.12 Å². The van der Waals surface area contributed by atoms with E-state index in [2.05, 4.69) is 102 Å². The SMILES string of the molecule is CC1CCCN(C)C1.CN1CCCC(O)C1.CN1CCCC(S(=O)(=O)c2ccc(B3OC(C)(C)C(C)(C)O3)cc2)C1.CN1CCCC(S(=O)(=O)c2ccc(Br)cc2)C1.CN1CCCC(Sc2ccc(Br)cc2)C1. The Balaban J connectivity index is 0.000000180. The zero-order chi connectivity index (χ0) is 53.6. The first-order chi connectivity index (χ1) is 34.3. The highest BCUT2D eigenvalue weighted by atomic mass is 79.9. The van der Waals surface area contributed by atoms with E-state index in [-0.39, 0.29) is 16.6 Å². The van der Waals surface area contributed by atoms with Crippen molar-refractivity contribution >= 4 is 75.9 Å². The van der Waals surface area contributed by atoms with Crippen molar-refractivity contribution in [1.82, 2.24) is 24.5 Å². The van der Waals surface area contributed by atoms with Gasteiger partial charge in [0.05, 0.1) is 37.6 Å². The minimum Gasteiger partial charge on any atom is -0.399 e. The van der Waals surface area contributed by atoms with Crippen LogP contribution in [0.2, 0.25) is 0 Å². The third kappa shape index (κ3) is 19.8. The van der Waals surface area contributed by atoms with Gasteiger partial charge < -0.3 is 38.9 Å². The Labute approximate surface area is 463 Å². The number of aliphatic hydroxyl groups excluding tert-OH is 1. The highest BCUT2D eigenvalue weighted by Crippen LogP contribution is 2.37. The smallest absolute Gasteiger partial charge is 0.399 e. The van der Waals surface area contributed by atoms with E-state index in [4.69, 9.17) is 14.4 Å². The van der Waals surface area contributed by atoms with Crippen molar-refractivity contribution in [2.24, 2.45) is 5.92 Å². The van der Waals surface area contributed by atoms with Gasteiger partial charge in [-0.05, 0) is 232 Å². The minimum atomic E-state index is -3.30. The lowest BCUT2D eigenvalue weighted by molar-refractivity contribution is 0.00578. The molecule has 0 radical (unpaired) electrons. The van der Waals surface area contributed by atoms with Gasteiger partial charge in [0.2, 0.25) is 0 Å². The summed E-state index contributed by atoms with van der Waals surface area (Å²) in [4.78, 5) is 13.4. The van der Waals surface area contributed by atoms with E-state index in [0.29, 0.717) is 22.9 Å². The van der Waals surface area contributed by atoms with E-state index >= 15 is 0 Å². The molecular formula is C55H88BBr2N5O7S3. The number of rotatable bonds is 7. The molecule has 6 fully saturated rings. The monoisotopic (exact) mass is 1200 g/mol. The van der Waals surface area contributed by atoms with Gasteiger partial charge in [-0.15, -0.1) is 11.8 Å². The van der Waals surface area contributed by atoms with Crippen LogP contribution in [0.3, 0.4) is 0 Å². The van der Waals surface area contributed by atoms with Gasteiger partial charge in [0.15, 0.2) is 19.7 Å². The fraction of sp³-hybridized carbons (Fsp3) is 0.673. The van der Waals surface area contributed by atoms with Crippen LogP contribution in [0.15, 0.2) is 96.4 Å². The number of likely N-dealkylation sites (tertiary alicyclic amines) is 5. The van der Waals surface area contributed by atoms with E-state index in [1.165, 1.54) is 56.8 Å². The average Bonchev–Trinajstić information content (AvgIpc) is 3.56. The number of piperidine rings is 5. The van der Waals surface area contributed by atoms with Crippen LogP contribution in [0.4, 0.5) is 0 Å². The first-order valence-electron chi connectivity index (χ1n) is 26.6. The van der Waals surface area contributed by atoms with Crippen molar-refractivity contribution in [1.29, 1.82) is 0 Å². The molecule has 73 heavy (non-hydrogen) atoms. The fourth-order valence-electron chi connectivity index (χ4n) is 10.0. The van der Waals surface area contributed by atoms with Gasteiger partial charge in [0.1, 0.15) is 0 Å². The number of benzene rings is 3. The molecular weight excluding hydrogens is 1110 g/mol. The third-order valence-corrected chi connectivity index (χ3v) is 21.8. The van der Waals surface area contributed by atoms with Crippen LogP contribution in [0.1, 0.15) is 98.8 Å². The van der Waals surface area contributed by atoms with Gasteiger partial charge in [-0.3, -0.25) is 0 Å². The standard InChI is InChI=1S/C18H28BNO4S.C12H16BrNO2S.C12H16BrNS.C7H15N.C6H13NO/c1-17(2)18(3,4)24-19(23-17)14-8-10-15(11-9-14)25(21,22)16-7-6-12-20(5)13-16;1-14-8-2-3-12(9-14)17(15,16)11-6-4-10(13)5-7-11;1-14-8-2-3-12(9-14)15-11-6-4-10(13)5-7-11;1-7-4-3-5-8(2)6-7;1-7-4-2-3-6(8)5-7/h8-11,16H,6-7,12-13H2,1-5H3;4-7,12H,2-3,8-9H2,1H3;4-7,12H,2-3,8-9H2,1H3;7H,3-6H2,1-2H3;6,8H,2-5H2,1H3. The molecule has 9 rings (SSSR count). The number of thioether (sulfide) groups is 1. The second kappa shape index (κ2) is 29.0. The minimum absolute atomic E-state index is 0.0613. The van der Waals surface area contributed by atoms with Crippen LogP contribution < -0.4 is 5.46 Å². The predicted molar refractivity (Wildman–Crippen MR) is 311 cm³/mol. The van der Waals surface area contributed by atoms with E-state index in [1.54, 1.807) is 36.4 Å². The summed E-state index contributed by atoms with van der Waals surface area (Å²) in [5.74, 6) is 0.939. The number of nitrogens with zero attached hydrogens (tertiary/aromatic N) is 5. The molecule has 0 aromatic heterocycles. The zero-order valence-corrected chi connectivity index (χ0v) is 51.3. The van der Waals surface area contributed by atoms with Gasteiger partial charge in [0, 0.05) is 51.8 Å². The van der Waals surface area contributed by atoms with Gasteiger partial charge in [0.25, 0.3) is 0 Å². The lowest BCUT2D eigenvalue weighted by Crippen LogP contribution is -2.41. The lowest BCUT2D eigenvalue weighted by atomic mass is 9.79. The maximum atomic E-state index is 12.9. The lowest BCUT2D eigenvalue weighted by Gasteiger charge is -2.32. The van der Waals surface area contributed by atoms with Gasteiger partial charge in [-0.2, -0.15) is 0 Å². The maximum absolute atomic E-state index is 12.9. The van der Waals surface area contributed by atoms with Gasteiger partial charge in [-0.1, -0.05) is 50.9 Å². The first-order valence-corrected chi connectivity index (χ1v) is 32.1. The molecule has 6 saturated heterocycles. The molecule has 0 spiro atoms. The molecule has 3 aromatic carbocycles. The van der Waals surface area contributed by atoms with Crippen molar-refractivity contribution < 1.29 is 31.3 Å². The van der Waals surface area contributed by atoms with E-state index < -0.39 is 38.0 Å². The second-order valence-electron chi connectivity index (χ2n) is 22.4. The topological polar surface area (TPSA) is 123 Å². The summed E-state index contributed by atoms with van der Waals surface area (Å²) < 4.78 is 64.7. The zero-order valence-electron chi connectivity index (χ0n) is 45.6. The molecule has 5 unspecified atom stereocenters. The van der Waals surface area contributed by atoms with Crippen LogP contribution in [0.5, 0.6) is 0 Å². The number of likely N-dealkylation sites (N-methyl/N-ethyl adjacent to an activating group) is 1. The van der Waals surface area contributed by atoms with E-state index in [9.17, 15) is 16.8 Å². The molecule has 0 aliphatic carbocycles. The van der Waals surface area contributed by atoms with Crippen molar-refractivity contribution in [2.45, 2.75) is 147 Å². The fourth-order valence-corrected chi connectivity index (χ4v) is 15.5. The Kier molecular flexibility index (Phi) is 24.8. The average molecular weight is 1200 g/mol. The summed E-state index contributed by atoms with van der Waals surface area (Å²) in [6.07, 6.45) is 11.0. The number of β-amino-alcohol motifs (C(OH)–C–C–N with tert-alkyl or cyclic N) is 1. The van der Waals surface area contributed by atoms with Crippen LogP contribution in [0, 0.1) is 5.92 Å². The molecule has 0 saturated carbocycles. The van der Waals surface area contributed by atoms with Crippen molar-refractivity contribution in [3.63, 3.8) is 0 Å². The molecule has 6 heterocycles. The van der Waals surface area contributed by atoms with Crippen LogP contribution >= 0.6 is 43.6 Å². The molecule has 0 amide bonds. The Morgan fingerprint density at radius 2 is 0.918 bits per heavy atom. The summed E-state index contributed by atoms with van der Waals surface area (Å²) in [6, 6.07) is 22.5. The Bertz CT molecular complexity index is 2280. The summed E-state index contributed by atoms with van der Waals surface area (Å²) in [5, 5.41) is 9.22. The normalized spacial score (nSPS) is 26.4. The van der Waals surface area contributed by atoms with Crippen molar-refractivity contribution in [3.8, 4) is 0 Å². The Morgan fingerprint density at radius 3 is 1.30 bits per heavy atom. The Morgan fingerprint density at radius 1 is 0.534 bits per heavy atom. The first kappa shape index (κ1) is 62.5. The molecule has 1 N–H and O–H groups in total. The summed E-state index contributed by atoms with van der Waals surface area (Å²) in [6.45, 7) is 20.7. The number of halogens is 2. The number of hydrogen-bond donors (Lipinski definition) is 1. The largest absolute Gasteiger partial charge is 0.494 e. The highest BCUT2D eigenvalue weighted by molar-refractivity contribution is 9.10. The van der Waals surface area contributed by atoms with E-state index in [1.807, 2.05) is 72.7 Å². The van der Waals surface area contributed by atoms with Crippen molar-refractivity contribution in [2.75, 3.05) is 101 Å². The molecule has 5 atom stereocenters. The maximum Gasteiger partial charge on any atom is 0.494 e. The van der Waals surface area contributed by atoms with Crippen molar-refractivity contribution in [3.05, 3.63) is 81.7 Å². The summed E-state index contributed by atoms with van der Waals surface area (Å²) >= 11 is 8.79. The number of sulfone groups is 2. The van der Waals surface area contributed by atoms with Crippen LogP contribution in [0.25, 0.3) is 0 Å². The summed E-state index contributed by atoms with van der Waals surface area (Å²) in [7, 11) is 3.47. The summed E-state index contributed by atoms with van der Waals surface area (Å²) in [5.41, 5.74) is 0.0304. The molecule has 0 bridgehead atoms. The number of hydrogen-bond acceptors (Lipinski definition) is 13. The Hall–Kier alpha value is -1.39. The molecule has 3 aromatic rings. The quantitative estimate of drug-likeness (QED) is 0.227. The van der Waals surface area contributed by atoms with Crippen LogP contribution in [-0.2, 0) is 29.0 Å². The number of aliphatic hydroxyl groups is 1. The molecule has 6 aliphatic heterocycles. The van der Waals surface area contributed by atoms with Crippen LogP contribution in [-0.4, -0.2) is 187 Å². The molecule has 410 valence electrons. The van der Waals surface area contributed by atoms with Gasteiger partial charge in [-0.25, -0.2) is 16.8 Å². The highest BCUT2D eigenvalue weighted by Gasteiger charge is 2.51. The molecule has 6 aliphatic rings. The molecule has 12 nitrogen and oxygen atoms in total. The van der Waals surface area contributed by atoms with E-state index in [0.717, 1.165) is 90.3 Å². The third-order valence-electron chi connectivity index (χ3n) is 15.1. The second-order valence-corrected chi connectivity index (χ2v) is 30.1. The predicted octanol–water partition coefficient (Wildman–Crippen LogP) is 9.23.